The van der Waals surface area contributed by atoms with Gasteiger partial charge in [-0.3, -0.25) is 0 Å². The van der Waals surface area contributed by atoms with Gasteiger partial charge < -0.3 is 5.11 Å². The van der Waals surface area contributed by atoms with Crippen LogP contribution in [-0.2, 0) is 0 Å². The van der Waals surface area contributed by atoms with Crippen LogP contribution >= 0.6 is 0 Å². The molecule has 15 heavy (non-hydrogen) atoms. The number of rotatable bonds is 4. The molecule has 0 aliphatic heterocycles. The topological polar surface area (TPSA) is 37.3 Å². The van der Waals surface area contributed by atoms with E-state index in [0.717, 1.165) is 24.0 Å². The van der Waals surface area contributed by atoms with Crippen molar-refractivity contribution in [2.24, 2.45) is 0 Å². The number of benzene rings is 1. The van der Waals surface area contributed by atoms with Crippen LogP contribution in [0.3, 0.4) is 0 Å². The first-order valence-electron chi connectivity index (χ1n) is 5.40. The third-order valence-corrected chi connectivity index (χ3v) is 2.78. The SMILES string of the molecule is CCCC(C)c1ccc(C)c(C(=O)O)c1. The fraction of sp³-hybridized carbons (Fsp3) is 0.462. The minimum absolute atomic E-state index is 0.426. The van der Waals surface area contributed by atoms with Gasteiger partial charge in [0.15, 0.2) is 0 Å². The van der Waals surface area contributed by atoms with Crippen LogP contribution in [-0.4, -0.2) is 11.1 Å². The van der Waals surface area contributed by atoms with Crippen molar-refractivity contribution < 1.29 is 9.90 Å². The third kappa shape index (κ3) is 2.82. The first kappa shape index (κ1) is 11.8. The number of carbonyl (C=O) groups is 1. The smallest absolute Gasteiger partial charge is 0.335 e. The van der Waals surface area contributed by atoms with Gasteiger partial charge in [-0.05, 0) is 36.5 Å². The second-order valence-corrected chi connectivity index (χ2v) is 4.07. The van der Waals surface area contributed by atoms with Gasteiger partial charge in [-0.15, -0.1) is 0 Å². The molecule has 1 aromatic rings. The average molecular weight is 206 g/mol. The molecule has 0 aliphatic carbocycles. The Morgan fingerprint density at radius 1 is 1.47 bits per heavy atom. The molecular weight excluding hydrogens is 188 g/mol. The maximum atomic E-state index is 11.0. The van der Waals surface area contributed by atoms with E-state index in [1.807, 2.05) is 19.1 Å². The highest BCUT2D eigenvalue weighted by molar-refractivity contribution is 5.89. The van der Waals surface area contributed by atoms with E-state index >= 15 is 0 Å². The highest BCUT2D eigenvalue weighted by Crippen LogP contribution is 2.22. The van der Waals surface area contributed by atoms with Crippen LogP contribution in [0, 0.1) is 6.92 Å². The van der Waals surface area contributed by atoms with E-state index < -0.39 is 5.97 Å². The molecule has 0 spiro atoms. The first-order chi connectivity index (χ1) is 7.06. The van der Waals surface area contributed by atoms with Crippen LogP contribution in [0.15, 0.2) is 18.2 Å². The number of carboxylic acids is 1. The molecule has 0 saturated carbocycles. The average Bonchev–Trinajstić information content (AvgIpc) is 2.18. The molecule has 0 radical (unpaired) electrons. The standard InChI is InChI=1S/C13H18O2/c1-4-5-9(2)11-7-6-10(3)12(8-11)13(14)15/h6-9H,4-5H2,1-3H3,(H,14,15). The predicted octanol–water partition coefficient (Wildman–Crippen LogP) is 3.60. The van der Waals surface area contributed by atoms with Crippen molar-refractivity contribution in [3.8, 4) is 0 Å². The number of hydrogen-bond acceptors (Lipinski definition) is 1. The summed E-state index contributed by atoms with van der Waals surface area (Å²) < 4.78 is 0. The highest BCUT2D eigenvalue weighted by atomic mass is 16.4. The summed E-state index contributed by atoms with van der Waals surface area (Å²) in [5, 5.41) is 9.00. The maximum absolute atomic E-state index is 11.0. The van der Waals surface area contributed by atoms with Crippen LogP contribution in [0.2, 0.25) is 0 Å². The summed E-state index contributed by atoms with van der Waals surface area (Å²) in [6, 6.07) is 5.73. The van der Waals surface area contributed by atoms with Gasteiger partial charge in [0.05, 0.1) is 5.56 Å². The van der Waals surface area contributed by atoms with Crippen molar-refractivity contribution in [1.82, 2.24) is 0 Å². The Labute approximate surface area is 90.9 Å². The van der Waals surface area contributed by atoms with Gasteiger partial charge in [0.1, 0.15) is 0 Å². The molecule has 0 heterocycles. The number of carboxylic acid groups (broad SMARTS) is 1. The lowest BCUT2D eigenvalue weighted by molar-refractivity contribution is 0.0696. The molecule has 0 aliphatic rings. The molecule has 0 fully saturated rings. The summed E-state index contributed by atoms with van der Waals surface area (Å²) in [4.78, 5) is 11.0. The Morgan fingerprint density at radius 3 is 2.67 bits per heavy atom. The van der Waals surface area contributed by atoms with E-state index in [1.54, 1.807) is 6.07 Å². The Hall–Kier alpha value is -1.31. The van der Waals surface area contributed by atoms with Crippen LogP contribution in [0.4, 0.5) is 0 Å². The lowest BCUT2D eigenvalue weighted by Crippen LogP contribution is -2.02. The molecule has 0 amide bonds. The molecular formula is C13H18O2. The third-order valence-electron chi connectivity index (χ3n) is 2.78. The first-order valence-corrected chi connectivity index (χ1v) is 5.40. The van der Waals surface area contributed by atoms with Crippen molar-refractivity contribution in [2.45, 2.75) is 39.5 Å². The fourth-order valence-electron chi connectivity index (χ4n) is 1.78. The Balaban J connectivity index is 3.02. The van der Waals surface area contributed by atoms with Gasteiger partial charge in [0, 0.05) is 0 Å². The number of hydrogen-bond donors (Lipinski definition) is 1. The second-order valence-electron chi connectivity index (χ2n) is 4.07. The molecule has 2 nitrogen and oxygen atoms in total. The molecule has 1 atom stereocenters. The summed E-state index contributed by atoms with van der Waals surface area (Å²) in [7, 11) is 0. The lowest BCUT2D eigenvalue weighted by Gasteiger charge is -2.12. The van der Waals surface area contributed by atoms with Crippen LogP contribution in [0.5, 0.6) is 0 Å². The van der Waals surface area contributed by atoms with E-state index in [1.165, 1.54) is 0 Å². The fourth-order valence-corrected chi connectivity index (χ4v) is 1.78. The van der Waals surface area contributed by atoms with Crippen molar-refractivity contribution in [3.05, 3.63) is 34.9 Å². The molecule has 1 rings (SSSR count). The van der Waals surface area contributed by atoms with E-state index in [9.17, 15) is 4.79 Å². The molecule has 1 unspecified atom stereocenters. The van der Waals surface area contributed by atoms with Gasteiger partial charge in [0.2, 0.25) is 0 Å². The highest BCUT2D eigenvalue weighted by Gasteiger charge is 2.10. The Kier molecular flexibility index (Phi) is 3.89. The van der Waals surface area contributed by atoms with Crippen LogP contribution in [0.25, 0.3) is 0 Å². The van der Waals surface area contributed by atoms with Crippen molar-refractivity contribution in [2.75, 3.05) is 0 Å². The normalized spacial score (nSPS) is 12.5. The Bertz CT molecular complexity index is 356. The molecule has 1 N–H and O–H groups in total. The summed E-state index contributed by atoms with van der Waals surface area (Å²) in [6.07, 6.45) is 2.22. The van der Waals surface area contributed by atoms with Gasteiger partial charge in [-0.2, -0.15) is 0 Å². The van der Waals surface area contributed by atoms with Gasteiger partial charge in [0.25, 0.3) is 0 Å². The Morgan fingerprint density at radius 2 is 2.13 bits per heavy atom. The van der Waals surface area contributed by atoms with E-state index in [4.69, 9.17) is 5.11 Å². The lowest BCUT2D eigenvalue weighted by atomic mass is 9.93. The van der Waals surface area contributed by atoms with Crippen LogP contribution in [0.1, 0.15) is 54.1 Å². The molecule has 2 heteroatoms. The van der Waals surface area contributed by atoms with Crippen molar-refractivity contribution in [1.29, 1.82) is 0 Å². The second kappa shape index (κ2) is 4.96. The number of aryl methyl sites for hydroxylation is 1. The molecule has 0 bridgehead atoms. The quantitative estimate of drug-likeness (QED) is 0.817. The maximum Gasteiger partial charge on any atom is 0.335 e. The van der Waals surface area contributed by atoms with Crippen LogP contribution < -0.4 is 0 Å². The van der Waals surface area contributed by atoms with Gasteiger partial charge in [-0.1, -0.05) is 32.4 Å². The minimum atomic E-state index is -0.835. The monoisotopic (exact) mass is 206 g/mol. The summed E-state index contributed by atoms with van der Waals surface area (Å²) in [6.45, 7) is 6.11. The van der Waals surface area contributed by atoms with E-state index in [2.05, 4.69) is 13.8 Å². The van der Waals surface area contributed by atoms with E-state index in [-0.39, 0.29) is 0 Å². The molecule has 1 aromatic carbocycles. The molecule has 82 valence electrons. The zero-order valence-electron chi connectivity index (χ0n) is 9.58. The van der Waals surface area contributed by atoms with Gasteiger partial charge >= 0.3 is 5.97 Å². The predicted molar refractivity (Wildman–Crippen MR) is 61.5 cm³/mol. The molecule has 0 saturated heterocycles. The van der Waals surface area contributed by atoms with Gasteiger partial charge in [-0.25, -0.2) is 4.79 Å². The molecule has 0 aromatic heterocycles. The summed E-state index contributed by atoms with van der Waals surface area (Å²) in [5.41, 5.74) is 2.38. The zero-order chi connectivity index (χ0) is 11.4. The summed E-state index contributed by atoms with van der Waals surface area (Å²) in [5.74, 6) is -0.397. The minimum Gasteiger partial charge on any atom is -0.478 e. The van der Waals surface area contributed by atoms with Crippen molar-refractivity contribution >= 4 is 5.97 Å². The summed E-state index contributed by atoms with van der Waals surface area (Å²) >= 11 is 0. The number of aromatic carboxylic acids is 1. The van der Waals surface area contributed by atoms with Crippen molar-refractivity contribution in [3.63, 3.8) is 0 Å². The largest absolute Gasteiger partial charge is 0.478 e. The zero-order valence-corrected chi connectivity index (χ0v) is 9.58. The van der Waals surface area contributed by atoms with E-state index in [0.29, 0.717) is 11.5 Å².